The minimum Gasteiger partial charge on any atom is -0.339 e. The second-order valence-corrected chi connectivity index (χ2v) is 7.46. The molecule has 1 amide bonds. The van der Waals surface area contributed by atoms with E-state index in [1.165, 1.54) is 6.42 Å². The molecule has 0 unspecified atom stereocenters. The lowest BCUT2D eigenvalue weighted by Crippen LogP contribution is -2.35. The summed E-state index contributed by atoms with van der Waals surface area (Å²) in [6.07, 6.45) is 6.88. The molecule has 144 valence electrons. The first kappa shape index (κ1) is 17.4. The van der Waals surface area contributed by atoms with Crippen molar-refractivity contribution in [2.24, 2.45) is 7.05 Å². The monoisotopic (exact) mass is 384 g/mol. The number of benzene rings is 1. The molecule has 3 aromatic heterocycles. The maximum atomic E-state index is 12.9. The van der Waals surface area contributed by atoms with Crippen LogP contribution in [-0.4, -0.2) is 43.1 Å². The summed E-state index contributed by atoms with van der Waals surface area (Å²) in [5.41, 5.74) is 4.51. The van der Waals surface area contributed by atoms with Crippen LogP contribution >= 0.6 is 0 Å². The fraction of sp³-hybridized carbons (Fsp3) is 0.273. The van der Waals surface area contributed by atoms with Crippen LogP contribution in [0.15, 0.2) is 42.7 Å². The highest BCUT2D eigenvalue weighted by molar-refractivity contribution is 6.01. The lowest BCUT2D eigenvalue weighted by atomic mass is 10.1. The molecule has 29 heavy (non-hydrogen) atoms. The van der Waals surface area contributed by atoms with Crippen molar-refractivity contribution in [1.82, 2.24) is 24.1 Å². The molecule has 1 aliphatic rings. The Hall–Kier alpha value is -3.66. The average Bonchev–Trinajstić information content (AvgIpc) is 3.33. The molecule has 4 heterocycles. The van der Waals surface area contributed by atoms with Crippen LogP contribution in [-0.2, 0) is 7.05 Å². The number of hydrogen-bond donors (Lipinski definition) is 0. The number of rotatable bonds is 2. The van der Waals surface area contributed by atoms with Gasteiger partial charge in [-0.05, 0) is 49.6 Å². The fourth-order valence-electron chi connectivity index (χ4n) is 4.08. The first-order valence-electron chi connectivity index (χ1n) is 9.79. The molecule has 7 heteroatoms. The standard InChI is InChI=1S/C22H20N6O/c1-26-18-11-16(22(29)27-9-3-2-4-10-27)6-7-17(18)21(25-26)19-13-24-20-8-5-15(12-23)14-28(19)20/h5-8,11,13-14H,2-4,9-10H2,1H3. The van der Waals surface area contributed by atoms with Crippen molar-refractivity contribution in [3.05, 3.63) is 53.9 Å². The molecule has 1 fully saturated rings. The minimum absolute atomic E-state index is 0.0859. The molecule has 0 aliphatic carbocycles. The Morgan fingerprint density at radius 1 is 1.14 bits per heavy atom. The summed E-state index contributed by atoms with van der Waals surface area (Å²) in [5, 5.41) is 14.9. The molecule has 0 N–H and O–H groups in total. The smallest absolute Gasteiger partial charge is 0.253 e. The van der Waals surface area contributed by atoms with Gasteiger partial charge in [0.1, 0.15) is 17.4 Å². The van der Waals surface area contributed by atoms with E-state index in [2.05, 4.69) is 11.1 Å². The third-order valence-electron chi connectivity index (χ3n) is 5.62. The third-order valence-corrected chi connectivity index (χ3v) is 5.62. The van der Waals surface area contributed by atoms with Gasteiger partial charge in [-0.25, -0.2) is 4.98 Å². The summed E-state index contributed by atoms with van der Waals surface area (Å²) in [4.78, 5) is 19.3. The summed E-state index contributed by atoms with van der Waals surface area (Å²) < 4.78 is 3.68. The molecule has 7 nitrogen and oxygen atoms in total. The van der Waals surface area contributed by atoms with E-state index in [1.807, 2.05) is 40.6 Å². The van der Waals surface area contributed by atoms with Gasteiger partial charge in [0.25, 0.3) is 5.91 Å². The van der Waals surface area contributed by atoms with Crippen molar-refractivity contribution in [3.8, 4) is 17.5 Å². The third kappa shape index (κ3) is 2.85. The second-order valence-electron chi connectivity index (χ2n) is 7.46. The van der Waals surface area contributed by atoms with Crippen LogP contribution in [0, 0.1) is 11.3 Å². The van der Waals surface area contributed by atoms with Gasteiger partial charge in [0, 0.05) is 37.3 Å². The Morgan fingerprint density at radius 3 is 2.76 bits per heavy atom. The average molecular weight is 384 g/mol. The number of pyridine rings is 1. The highest BCUT2D eigenvalue weighted by atomic mass is 16.2. The number of imidazole rings is 1. The normalized spacial score (nSPS) is 14.4. The van der Waals surface area contributed by atoms with E-state index >= 15 is 0 Å². The molecule has 0 spiro atoms. The summed E-state index contributed by atoms with van der Waals surface area (Å²) in [7, 11) is 1.88. The topological polar surface area (TPSA) is 79.2 Å². The summed E-state index contributed by atoms with van der Waals surface area (Å²) in [5.74, 6) is 0.0859. The molecule has 1 aromatic carbocycles. The number of carbonyl (C=O) groups excluding carboxylic acids is 1. The highest BCUT2D eigenvalue weighted by Crippen LogP contribution is 2.29. The largest absolute Gasteiger partial charge is 0.339 e. The fourth-order valence-corrected chi connectivity index (χ4v) is 4.08. The SMILES string of the molecule is Cn1nc(-c2cnc3ccc(C#N)cn23)c2ccc(C(=O)N3CCCCC3)cc21. The quantitative estimate of drug-likeness (QED) is 0.531. The number of aryl methyl sites for hydroxylation is 1. The second kappa shape index (κ2) is 6.74. The Morgan fingerprint density at radius 2 is 1.97 bits per heavy atom. The van der Waals surface area contributed by atoms with E-state index in [9.17, 15) is 10.1 Å². The molecule has 0 atom stereocenters. The van der Waals surface area contributed by atoms with Gasteiger partial charge in [0.05, 0.1) is 23.0 Å². The van der Waals surface area contributed by atoms with Crippen LogP contribution in [0.2, 0.25) is 0 Å². The van der Waals surface area contributed by atoms with Crippen LogP contribution in [0.1, 0.15) is 35.2 Å². The van der Waals surface area contributed by atoms with Crippen LogP contribution < -0.4 is 0 Å². The maximum Gasteiger partial charge on any atom is 0.253 e. The lowest BCUT2D eigenvalue weighted by Gasteiger charge is -2.26. The van der Waals surface area contributed by atoms with Gasteiger partial charge in [0.2, 0.25) is 0 Å². The van der Waals surface area contributed by atoms with Crippen molar-refractivity contribution in [2.75, 3.05) is 13.1 Å². The van der Waals surface area contributed by atoms with Crippen molar-refractivity contribution in [2.45, 2.75) is 19.3 Å². The molecule has 0 saturated carbocycles. The summed E-state index contributed by atoms with van der Waals surface area (Å²) in [6.45, 7) is 1.66. The number of aromatic nitrogens is 4. The Labute approximate surface area is 167 Å². The van der Waals surface area contributed by atoms with E-state index in [4.69, 9.17) is 5.10 Å². The molecule has 4 aromatic rings. The van der Waals surface area contributed by atoms with E-state index in [0.717, 1.165) is 53.9 Å². The molecule has 5 rings (SSSR count). The molecule has 1 saturated heterocycles. The van der Waals surface area contributed by atoms with Gasteiger partial charge in [-0.1, -0.05) is 0 Å². The summed E-state index contributed by atoms with van der Waals surface area (Å²) >= 11 is 0. The predicted molar refractivity (Wildman–Crippen MR) is 109 cm³/mol. The zero-order chi connectivity index (χ0) is 20.0. The molecule has 0 radical (unpaired) electrons. The lowest BCUT2D eigenvalue weighted by molar-refractivity contribution is 0.0724. The first-order valence-corrected chi connectivity index (χ1v) is 9.79. The van der Waals surface area contributed by atoms with Crippen LogP contribution in [0.5, 0.6) is 0 Å². The van der Waals surface area contributed by atoms with Gasteiger partial charge >= 0.3 is 0 Å². The number of carbonyl (C=O) groups is 1. The van der Waals surface area contributed by atoms with Crippen molar-refractivity contribution in [1.29, 1.82) is 5.26 Å². The van der Waals surface area contributed by atoms with Gasteiger partial charge in [-0.2, -0.15) is 10.4 Å². The van der Waals surface area contributed by atoms with Gasteiger partial charge in [-0.3, -0.25) is 13.9 Å². The van der Waals surface area contributed by atoms with E-state index in [0.29, 0.717) is 11.1 Å². The van der Waals surface area contributed by atoms with E-state index in [1.54, 1.807) is 23.1 Å². The molecular formula is C22H20N6O. The van der Waals surface area contributed by atoms with Crippen molar-refractivity contribution >= 4 is 22.5 Å². The van der Waals surface area contributed by atoms with Gasteiger partial charge in [0.15, 0.2) is 0 Å². The van der Waals surface area contributed by atoms with Crippen molar-refractivity contribution < 1.29 is 4.79 Å². The number of nitriles is 1. The van der Waals surface area contributed by atoms with Crippen LogP contribution in [0.3, 0.4) is 0 Å². The zero-order valence-corrected chi connectivity index (χ0v) is 16.2. The van der Waals surface area contributed by atoms with Crippen LogP contribution in [0.25, 0.3) is 27.9 Å². The molecule has 1 aliphatic heterocycles. The number of hydrogen-bond acceptors (Lipinski definition) is 4. The number of piperidine rings is 1. The van der Waals surface area contributed by atoms with Crippen LogP contribution in [0.4, 0.5) is 0 Å². The number of amides is 1. The first-order chi connectivity index (χ1) is 14.2. The Bertz CT molecular complexity index is 1290. The van der Waals surface area contributed by atoms with Gasteiger partial charge in [-0.15, -0.1) is 0 Å². The highest BCUT2D eigenvalue weighted by Gasteiger charge is 2.21. The summed E-state index contributed by atoms with van der Waals surface area (Å²) in [6, 6.07) is 11.5. The van der Waals surface area contributed by atoms with E-state index in [-0.39, 0.29) is 5.91 Å². The Balaban J connectivity index is 1.60. The van der Waals surface area contributed by atoms with Crippen molar-refractivity contribution in [3.63, 3.8) is 0 Å². The number of likely N-dealkylation sites (tertiary alicyclic amines) is 1. The zero-order valence-electron chi connectivity index (χ0n) is 16.2. The predicted octanol–water partition coefficient (Wildman–Crippen LogP) is 3.39. The molecular weight excluding hydrogens is 364 g/mol. The number of fused-ring (bicyclic) bond motifs is 2. The maximum absolute atomic E-state index is 12.9. The minimum atomic E-state index is 0.0859. The number of nitrogens with zero attached hydrogens (tertiary/aromatic N) is 6. The van der Waals surface area contributed by atoms with Gasteiger partial charge < -0.3 is 4.90 Å². The Kier molecular flexibility index (Phi) is 4.06. The van der Waals surface area contributed by atoms with E-state index < -0.39 is 0 Å². The molecule has 0 bridgehead atoms.